The molecule has 3 saturated heterocycles. The lowest BCUT2D eigenvalue weighted by Gasteiger charge is -2.42. The highest BCUT2D eigenvalue weighted by Crippen LogP contribution is 2.39. The van der Waals surface area contributed by atoms with Crippen LogP contribution in [0.25, 0.3) is 22.3 Å². The van der Waals surface area contributed by atoms with Crippen LogP contribution in [-0.2, 0) is 23.7 Å². The quantitative estimate of drug-likeness (QED) is 0.0916. The van der Waals surface area contributed by atoms with E-state index in [1.165, 1.54) is 24.3 Å². The molecule has 2 aromatic carbocycles. The summed E-state index contributed by atoms with van der Waals surface area (Å²) < 4.78 is 38.6. The summed E-state index contributed by atoms with van der Waals surface area (Å²) in [7, 11) is 0. The van der Waals surface area contributed by atoms with Crippen molar-refractivity contribution in [3.63, 3.8) is 0 Å². The van der Waals surface area contributed by atoms with Gasteiger partial charge in [-0.05, 0) is 24.3 Å². The van der Waals surface area contributed by atoms with Crippen LogP contribution in [0, 0.1) is 0 Å². The minimum Gasteiger partial charge on any atom is -0.508 e. The molecule has 0 aliphatic carbocycles. The van der Waals surface area contributed by atoms with Crippen LogP contribution in [0.15, 0.2) is 45.6 Å². The van der Waals surface area contributed by atoms with E-state index >= 15 is 0 Å². The first-order chi connectivity index (χ1) is 26.0. The third-order valence-electron chi connectivity index (χ3n) is 9.28. The summed E-state index contributed by atoms with van der Waals surface area (Å²) in [6, 6.07) is 6.84. The zero-order valence-electron chi connectivity index (χ0n) is 28.0. The smallest absolute Gasteiger partial charge is 0.335 e. The van der Waals surface area contributed by atoms with Crippen LogP contribution in [0.3, 0.4) is 0 Å². The summed E-state index contributed by atoms with van der Waals surface area (Å²) in [5.74, 6) is -4.27. The Morgan fingerprint density at radius 3 is 1.85 bits per heavy atom. The van der Waals surface area contributed by atoms with Crippen LogP contribution >= 0.6 is 0 Å². The fourth-order valence-electron chi connectivity index (χ4n) is 6.18. The van der Waals surface area contributed by atoms with Crippen LogP contribution in [-0.4, -0.2) is 178 Å². The van der Waals surface area contributed by atoms with Gasteiger partial charge in [-0.1, -0.05) is 0 Å². The van der Waals surface area contributed by atoms with E-state index in [1.54, 1.807) is 0 Å². The molecule has 0 bridgehead atoms. The minimum absolute atomic E-state index is 0.0541. The van der Waals surface area contributed by atoms with E-state index in [9.17, 15) is 76.0 Å². The maximum Gasteiger partial charge on any atom is 0.335 e. The summed E-state index contributed by atoms with van der Waals surface area (Å²) in [5.41, 5.74) is -1.47. The second-order valence-electron chi connectivity index (χ2n) is 13.0. The number of hydrogen-bond donors (Lipinski definition) is 13. The Kier molecular flexibility index (Phi) is 11.8. The van der Waals surface area contributed by atoms with Crippen LogP contribution in [0.1, 0.15) is 0 Å². The number of phenolic OH excluding ortho intramolecular Hbond substituents is 2. The van der Waals surface area contributed by atoms with Gasteiger partial charge in [-0.15, -0.1) is 0 Å². The maximum absolute atomic E-state index is 14.0. The molecule has 3 aliphatic rings. The first-order valence-corrected chi connectivity index (χ1v) is 16.5. The molecule has 4 heterocycles. The third kappa shape index (κ3) is 7.78. The lowest BCUT2D eigenvalue weighted by molar-refractivity contribution is -0.323. The Hall–Kier alpha value is -4.24. The number of phenols is 2. The Bertz CT molecular complexity index is 1880. The van der Waals surface area contributed by atoms with Gasteiger partial charge in [0.25, 0.3) is 0 Å². The molecular formula is C33H38O22. The van der Waals surface area contributed by atoms with Crippen molar-refractivity contribution in [2.24, 2.45) is 0 Å². The highest BCUT2D eigenvalue weighted by molar-refractivity contribution is 5.88. The fourth-order valence-corrected chi connectivity index (χ4v) is 6.18. The summed E-state index contributed by atoms with van der Waals surface area (Å²) in [6.07, 6.45) is -27.9. The number of carboxylic acid groups (broad SMARTS) is 1. The minimum atomic E-state index is -2.06. The van der Waals surface area contributed by atoms with Gasteiger partial charge >= 0.3 is 5.97 Å². The summed E-state index contributed by atoms with van der Waals surface area (Å²) in [6.45, 7) is -1.49. The van der Waals surface area contributed by atoms with E-state index in [-0.39, 0.29) is 17.1 Å². The molecular weight excluding hydrogens is 748 g/mol. The van der Waals surface area contributed by atoms with Crippen LogP contribution in [0.2, 0.25) is 0 Å². The van der Waals surface area contributed by atoms with Crippen LogP contribution < -0.4 is 14.9 Å². The number of aliphatic hydroxyl groups excluding tert-OH is 10. The van der Waals surface area contributed by atoms with Gasteiger partial charge in [0.1, 0.15) is 95.4 Å². The number of aliphatic hydroxyl groups is 10. The summed E-state index contributed by atoms with van der Waals surface area (Å²) in [5, 5.41) is 132. The fraction of sp³-hybridized carbons (Fsp3) is 0.515. The number of rotatable bonds is 10. The second-order valence-corrected chi connectivity index (χ2v) is 13.0. The zero-order valence-corrected chi connectivity index (χ0v) is 28.0. The van der Waals surface area contributed by atoms with E-state index < -0.39 is 145 Å². The van der Waals surface area contributed by atoms with Gasteiger partial charge in [-0.25, -0.2) is 4.79 Å². The number of fused-ring (bicyclic) bond motifs is 1. The van der Waals surface area contributed by atoms with Gasteiger partial charge in [0, 0.05) is 17.7 Å². The maximum atomic E-state index is 14.0. The largest absolute Gasteiger partial charge is 0.508 e. The lowest BCUT2D eigenvalue weighted by atomic mass is 9.98. The Balaban J connectivity index is 1.31. The Morgan fingerprint density at radius 2 is 1.24 bits per heavy atom. The van der Waals surface area contributed by atoms with Gasteiger partial charge in [-0.2, -0.15) is 0 Å². The molecule has 3 aliphatic heterocycles. The molecule has 6 rings (SSSR count). The van der Waals surface area contributed by atoms with Gasteiger partial charge in [0.05, 0.1) is 13.2 Å². The topological polar surface area (TPSA) is 366 Å². The third-order valence-corrected chi connectivity index (χ3v) is 9.28. The number of hydrogen-bond acceptors (Lipinski definition) is 21. The van der Waals surface area contributed by atoms with E-state index in [2.05, 4.69) is 0 Å². The number of carbonyl (C=O) groups is 1. The van der Waals surface area contributed by atoms with E-state index in [0.29, 0.717) is 0 Å². The van der Waals surface area contributed by atoms with Crippen molar-refractivity contribution in [3.05, 3.63) is 46.6 Å². The van der Waals surface area contributed by atoms with Gasteiger partial charge in [0.15, 0.2) is 18.2 Å². The molecule has 22 heteroatoms. The van der Waals surface area contributed by atoms with Crippen molar-refractivity contribution < 1.29 is 104 Å². The monoisotopic (exact) mass is 786 g/mol. The summed E-state index contributed by atoms with van der Waals surface area (Å²) in [4.78, 5) is 25.6. The average Bonchev–Trinajstić information content (AvgIpc) is 3.15. The molecule has 3 fully saturated rings. The molecule has 15 unspecified atom stereocenters. The zero-order chi connectivity index (χ0) is 40.0. The van der Waals surface area contributed by atoms with E-state index in [0.717, 1.165) is 12.1 Å². The first-order valence-electron chi connectivity index (χ1n) is 16.5. The molecule has 0 radical (unpaired) electrons. The van der Waals surface area contributed by atoms with Crippen LogP contribution in [0.4, 0.5) is 0 Å². The molecule has 22 nitrogen and oxygen atoms in total. The predicted molar refractivity (Wildman–Crippen MR) is 173 cm³/mol. The molecule has 55 heavy (non-hydrogen) atoms. The van der Waals surface area contributed by atoms with Crippen LogP contribution in [0.5, 0.6) is 23.0 Å². The Labute approximate surface area is 307 Å². The molecule has 0 saturated carbocycles. The highest BCUT2D eigenvalue weighted by Gasteiger charge is 2.50. The van der Waals surface area contributed by atoms with Crippen molar-refractivity contribution in [2.45, 2.75) is 92.1 Å². The molecule has 0 spiro atoms. The molecule has 3 aromatic rings. The van der Waals surface area contributed by atoms with Crippen molar-refractivity contribution in [1.29, 1.82) is 0 Å². The number of carboxylic acids is 1. The van der Waals surface area contributed by atoms with Crippen molar-refractivity contribution in [3.8, 4) is 34.3 Å². The predicted octanol–water partition coefficient (Wildman–Crippen LogP) is -4.85. The van der Waals surface area contributed by atoms with E-state index in [1.807, 2.05) is 0 Å². The van der Waals surface area contributed by atoms with Crippen molar-refractivity contribution >= 4 is 16.9 Å². The van der Waals surface area contributed by atoms with Crippen molar-refractivity contribution in [1.82, 2.24) is 0 Å². The lowest BCUT2D eigenvalue weighted by Crippen LogP contribution is -2.62. The Morgan fingerprint density at radius 1 is 0.673 bits per heavy atom. The highest BCUT2D eigenvalue weighted by atomic mass is 16.7. The van der Waals surface area contributed by atoms with Gasteiger partial charge in [-0.3, -0.25) is 4.79 Å². The normalized spacial score (nSPS) is 36.7. The second kappa shape index (κ2) is 16.1. The SMILES string of the molecule is O=C(O)C1OC(Oc2cc(O)c3c(=O)c(OC4OC(COC5OC(CO)C(O)C(O)C5O)C(O)C(O)C4O)c(-c4ccc(O)cc4)oc3c2)C(O)C(O)C1O. The molecule has 302 valence electrons. The summed E-state index contributed by atoms with van der Waals surface area (Å²) >= 11 is 0. The van der Waals surface area contributed by atoms with Gasteiger partial charge in [0.2, 0.25) is 23.8 Å². The average molecular weight is 787 g/mol. The number of ether oxygens (including phenoxy) is 6. The first kappa shape index (κ1) is 40.4. The number of aliphatic carboxylic acids is 1. The number of aromatic hydroxyl groups is 2. The van der Waals surface area contributed by atoms with Crippen molar-refractivity contribution in [2.75, 3.05) is 13.2 Å². The molecule has 0 amide bonds. The molecule has 13 N–H and O–H groups in total. The van der Waals surface area contributed by atoms with Gasteiger partial charge < -0.3 is 99.2 Å². The molecule has 15 atom stereocenters. The standard InChI is InChI=1S/C33H38O22/c34-7-14-17(37)20(40)24(44)31(52-14)49-8-15-18(38)21(41)25(45)33(53-15)54-28-19(39)16-12(36)5-11(6-13(16)51-27(28)9-1-3-10(35)4-2-9)50-32-26(46)22(42)23(43)29(55-32)30(47)48/h1-6,14-15,17-18,20-26,29,31-38,40-46H,7-8H2,(H,47,48). The molecule has 1 aromatic heterocycles. The number of benzene rings is 2. The van der Waals surface area contributed by atoms with E-state index in [4.69, 9.17) is 32.8 Å².